The summed E-state index contributed by atoms with van der Waals surface area (Å²) in [5.74, 6) is 1.40. The van der Waals surface area contributed by atoms with Gasteiger partial charge in [-0.25, -0.2) is 4.99 Å². The van der Waals surface area contributed by atoms with E-state index in [9.17, 15) is 5.11 Å². The minimum atomic E-state index is 0.139. The standard InChI is InChI=1S/C21H30N4O2S/c1-3-22-21(23-14-16-8-9-19(27-2)18(26)13-16)24-15-17(20-7-6-12-28-20)25-10-4-5-11-25/h6-9,12-13,17,26H,3-5,10-11,14-15H2,1-2H3,(H2,22,23,24). The molecule has 1 aliphatic heterocycles. The second-order valence-electron chi connectivity index (χ2n) is 6.86. The molecule has 152 valence electrons. The molecule has 1 aromatic carbocycles. The van der Waals surface area contributed by atoms with Crippen LogP contribution in [0.1, 0.15) is 36.2 Å². The van der Waals surface area contributed by atoms with Gasteiger partial charge in [0.05, 0.1) is 19.7 Å². The second-order valence-corrected chi connectivity index (χ2v) is 7.84. The molecule has 2 aromatic rings. The Hall–Kier alpha value is -2.25. The van der Waals surface area contributed by atoms with E-state index in [4.69, 9.17) is 4.74 Å². The van der Waals surface area contributed by atoms with Gasteiger partial charge in [-0.3, -0.25) is 4.90 Å². The number of aliphatic imine (C=N–C) groups is 1. The third-order valence-electron chi connectivity index (χ3n) is 4.92. The van der Waals surface area contributed by atoms with Crippen molar-refractivity contribution in [2.24, 2.45) is 4.99 Å². The SMILES string of the molecule is CCNC(=NCc1ccc(OC)c(O)c1)NCC(c1cccs1)N1CCCC1. The fraction of sp³-hybridized carbons (Fsp3) is 0.476. The fourth-order valence-corrected chi connectivity index (χ4v) is 4.34. The Morgan fingerprint density at radius 1 is 1.29 bits per heavy atom. The lowest BCUT2D eigenvalue weighted by Gasteiger charge is -2.27. The maximum atomic E-state index is 9.95. The van der Waals surface area contributed by atoms with Crippen LogP contribution >= 0.6 is 11.3 Å². The Labute approximate surface area is 171 Å². The van der Waals surface area contributed by atoms with E-state index in [1.54, 1.807) is 19.2 Å². The highest BCUT2D eigenvalue weighted by Gasteiger charge is 2.24. The van der Waals surface area contributed by atoms with Gasteiger partial charge in [-0.1, -0.05) is 12.1 Å². The highest BCUT2D eigenvalue weighted by atomic mass is 32.1. The van der Waals surface area contributed by atoms with Crippen molar-refractivity contribution in [2.45, 2.75) is 32.4 Å². The van der Waals surface area contributed by atoms with Crippen molar-refractivity contribution < 1.29 is 9.84 Å². The molecule has 3 N–H and O–H groups in total. The first-order valence-corrected chi connectivity index (χ1v) is 10.7. The first-order chi connectivity index (χ1) is 13.7. The minimum absolute atomic E-state index is 0.139. The van der Waals surface area contributed by atoms with Gasteiger partial charge in [-0.05, 0) is 62.0 Å². The number of guanidine groups is 1. The fourth-order valence-electron chi connectivity index (χ4n) is 3.48. The first-order valence-electron chi connectivity index (χ1n) is 9.86. The summed E-state index contributed by atoms with van der Waals surface area (Å²) >= 11 is 1.82. The van der Waals surface area contributed by atoms with Crippen LogP contribution in [0.2, 0.25) is 0 Å². The van der Waals surface area contributed by atoms with Gasteiger partial charge >= 0.3 is 0 Å². The van der Waals surface area contributed by atoms with Crippen molar-refractivity contribution in [1.29, 1.82) is 0 Å². The van der Waals surface area contributed by atoms with E-state index in [1.165, 1.54) is 17.7 Å². The van der Waals surface area contributed by atoms with Gasteiger partial charge in [0, 0.05) is 18.0 Å². The summed E-state index contributed by atoms with van der Waals surface area (Å²) in [6.45, 7) is 6.48. The second kappa shape index (κ2) is 10.3. The van der Waals surface area contributed by atoms with E-state index < -0.39 is 0 Å². The predicted molar refractivity (Wildman–Crippen MR) is 115 cm³/mol. The molecule has 1 saturated heterocycles. The lowest BCUT2D eigenvalue weighted by Crippen LogP contribution is -2.42. The van der Waals surface area contributed by atoms with Crippen molar-refractivity contribution >= 4 is 17.3 Å². The van der Waals surface area contributed by atoms with Gasteiger partial charge in [0.25, 0.3) is 0 Å². The van der Waals surface area contributed by atoms with Gasteiger partial charge < -0.3 is 20.5 Å². The van der Waals surface area contributed by atoms with Crippen molar-refractivity contribution in [3.63, 3.8) is 0 Å². The van der Waals surface area contributed by atoms with Gasteiger partial charge in [-0.2, -0.15) is 0 Å². The van der Waals surface area contributed by atoms with Gasteiger partial charge in [-0.15, -0.1) is 11.3 Å². The summed E-state index contributed by atoms with van der Waals surface area (Å²) in [7, 11) is 1.55. The van der Waals surface area contributed by atoms with Crippen LogP contribution in [-0.4, -0.2) is 49.3 Å². The zero-order valence-corrected chi connectivity index (χ0v) is 17.5. The van der Waals surface area contributed by atoms with E-state index >= 15 is 0 Å². The number of hydrogen-bond donors (Lipinski definition) is 3. The van der Waals surface area contributed by atoms with Crippen molar-refractivity contribution in [3.05, 3.63) is 46.2 Å². The van der Waals surface area contributed by atoms with Crippen molar-refractivity contribution in [2.75, 3.05) is 33.3 Å². The Morgan fingerprint density at radius 2 is 2.11 bits per heavy atom. The summed E-state index contributed by atoms with van der Waals surface area (Å²) < 4.78 is 5.10. The van der Waals surface area contributed by atoms with E-state index in [-0.39, 0.29) is 5.75 Å². The number of benzene rings is 1. The summed E-state index contributed by atoms with van der Waals surface area (Å²) in [5.41, 5.74) is 0.935. The molecule has 2 heterocycles. The molecule has 0 amide bonds. The van der Waals surface area contributed by atoms with Crippen LogP contribution in [0, 0.1) is 0 Å². The molecule has 0 bridgehead atoms. The summed E-state index contributed by atoms with van der Waals surface area (Å²) in [5, 5.41) is 18.9. The molecular weight excluding hydrogens is 372 g/mol. The Bertz CT molecular complexity index is 758. The van der Waals surface area contributed by atoms with Crippen LogP contribution in [0.15, 0.2) is 40.7 Å². The van der Waals surface area contributed by atoms with E-state index in [2.05, 4.69) is 45.0 Å². The minimum Gasteiger partial charge on any atom is -0.504 e. The molecule has 0 saturated carbocycles. The predicted octanol–water partition coefficient (Wildman–Crippen LogP) is 3.35. The average molecular weight is 403 g/mol. The molecule has 7 heteroatoms. The van der Waals surface area contributed by atoms with Crippen LogP contribution in [0.5, 0.6) is 11.5 Å². The molecule has 6 nitrogen and oxygen atoms in total. The maximum absolute atomic E-state index is 9.95. The van der Waals surface area contributed by atoms with Gasteiger partial charge in [0.2, 0.25) is 0 Å². The van der Waals surface area contributed by atoms with E-state index in [0.29, 0.717) is 18.3 Å². The van der Waals surface area contributed by atoms with E-state index in [1.807, 2.05) is 17.4 Å². The average Bonchev–Trinajstić information content (AvgIpc) is 3.41. The molecule has 0 radical (unpaired) electrons. The summed E-state index contributed by atoms with van der Waals surface area (Å²) in [6, 6.07) is 10.1. The summed E-state index contributed by atoms with van der Waals surface area (Å²) in [4.78, 5) is 8.64. The Morgan fingerprint density at radius 3 is 2.75 bits per heavy atom. The Kier molecular flexibility index (Phi) is 7.56. The largest absolute Gasteiger partial charge is 0.504 e. The van der Waals surface area contributed by atoms with Crippen molar-refractivity contribution in [1.82, 2.24) is 15.5 Å². The van der Waals surface area contributed by atoms with Crippen LogP contribution in [-0.2, 0) is 6.54 Å². The van der Waals surface area contributed by atoms with E-state index in [0.717, 1.165) is 37.7 Å². The number of likely N-dealkylation sites (tertiary alicyclic amines) is 1. The van der Waals surface area contributed by atoms with Crippen LogP contribution in [0.25, 0.3) is 0 Å². The number of hydrogen-bond acceptors (Lipinski definition) is 5. The number of thiophene rings is 1. The molecular formula is C21H30N4O2S. The number of phenols is 1. The molecule has 3 rings (SSSR count). The molecule has 1 fully saturated rings. The molecule has 1 unspecified atom stereocenters. The first kappa shape index (κ1) is 20.5. The Balaban J connectivity index is 1.65. The number of phenolic OH excluding ortho intramolecular Hbond substituents is 1. The van der Waals surface area contributed by atoms with Crippen LogP contribution < -0.4 is 15.4 Å². The van der Waals surface area contributed by atoms with Crippen LogP contribution in [0.4, 0.5) is 0 Å². The lowest BCUT2D eigenvalue weighted by molar-refractivity contribution is 0.249. The number of nitrogens with one attached hydrogen (secondary N) is 2. The third-order valence-corrected chi connectivity index (χ3v) is 5.90. The molecule has 1 aromatic heterocycles. The van der Waals surface area contributed by atoms with Gasteiger partial charge in [0.1, 0.15) is 0 Å². The third kappa shape index (κ3) is 5.39. The quantitative estimate of drug-likeness (QED) is 0.467. The topological polar surface area (TPSA) is 69.1 Å². The molecule has 28 heavy (non-hydrogen) atoms. The highest BCUT2D eigenvalue weighted by molar-refractivity contribution is 7.10. The molecule has 1 atom stereocenters. The zero-order valence-electron chi connectivity index (χ0n) is 16.6. The molecule has 0 spiro atoms. The maximum Gasteiger partial charge on any atom is 0.191 e. The number of ether oxygens (including phenoxy) is 1. The number of nitrogens with zero attached hydrogens (tertiary/aromatic N) is 2. The molecule has 0 aliphatic carbocycles. The van der Waals surface area contributed by atoms with Gasteiger partial charge in [0.15, 0.2) is 17.5 Å². The lowest BCUT2D eigenvalue weighted by atomic mass is 10.2. The normalized spacial score (nSPS) is 16.1. The number of methoxy groups -OCH3 is 1. The summed E-state index contributed by atoms with van der Waals surface area (Å²) in [6.07, 6.45) is 2.55. The van der Waals surface area contributed by atoms with Crippen LogP contribution in [0.3, 0.4) is 0 Å². The highest BCUT2D eigenvalue weighted by Crippen LogP contribution is 2.28. The zero-order chi connectivity index (χ0) is 19.8. The number of rotatable bonds is 8. The molecule has 1 aliphatic rings. The smallest absolute Gasteiger partial charge is 0.191 e. The number of aromatic hydroxyl groups is 1. The monoisotopic (exact) mass is 402 g/mol. The van der Waals surface area contributed by atoms with Crippen molar-refractivity contribution in [3.8, 4) is 11.5 Å².